The van der Waals surface area contributed by atoms with Crippen LogP contribution < -0.4 is 0 Å². The van der Waals surface area contributed by atoms with Crippen LogP contribution in [0.25, 0.3) is 0 Å². The summed E-state index contributed by atoms with van der Waals surface area (Å²) < 4.78 is 6.90. The van der Waals surface area contributed by atoms with E-state index in [1.165, 1.54) is 30.4 Å². The minimum absolute atomic E-state index is 0.722. The molecule has 0 saturated carbocycles. The van der Waals surface area contributed by atoms with E-state index in [0.717, 1.165) is 25.8 Å². The van der Waals surface area contributed by atoms with E-state index in [2.05, 4.69) is 20.8 Å². The molecule has 0 radical (unpaired) electrons. The standard InChI is InChI=1S/C11H24NO.NO3/c1-4-9-13-10-12(11(2)3)7-5-6-8-12;2-1(3)4/h11H,4-10H2,1-3H3;/q+1;-1. The smallest absolute Gasteiger partial charge is 0.183 e. The van der Waals surface area contributed by atoms with Gasteiger partial charge in [-0.05, 0) is 20.3 Å². The Balaban J connectivity index is 0.000000557. The van der Waals surface area contributed by atoms with Crippen molar-refractivity contribution in [3.05, 3.63) is 15.3 Å². The molecule has 0 amide bonds. The normalized spacial score (nSPS) is 17.6. The SMILES string of the molecule is CCCOC[N+]1(C(C)C)CCCC1.O=[N+]([O-])[O-]. The first-order valence-electron chi connectivity index (χ1n) is 6.19. The van der Waals surface area contributed by atoms with Crippen LogP contribution in [0.3, 0.4) is 0 Å². The number of hydrogen-bond acceptors (Lipinski definition) is 4. The van der Waals surface area contributed by atoms with Gasteiger partial charge < -0.3 is 20.1 Å². The molecule has 0 bridgehead atoms. The Kier molecular flexibility index (Phi) is 7.82. The summed E-state index contributed by atoms with van der Waals surface area (Å²) >= 11 is 0. The second-order valence-electron chi connectivity index (χ2n) is 4.73. The summed E-state index contributed by atoms with van der Waals surface area (Å²) in [6.07, 6.45) is 3.90. The van der Waals surface area contributed by atoms with Gasteiger partial charge in [0.25, 0.3) is 0 Å². The lowest BCUT2D eigenvalue weighted by Gasteiger charge is -2.37. The Hall–Kier alpha value is -0.880. The van der Waals surface area contributed by atoms with Crippen LogP contribution in [0.15, 0.2) is 0 Å². The van der Waals surface area contributed by atoms with Crippen molar-refractivity contribution in [2.45, 2.75) is 46.1 Å². The van der Waals surface area contributed by atoms with Crippen LogP contribution in [0.5, 0.6) is 0 Å². The fourth-order valence-corrected chi connectivity index (χ4v) is 2.15. The van der Waals surface area contributed by atoms with Crippen LogP contribution in [0.2, 0.25) is 0 Å². The first kappa shape index (κ1) is 16.1. The highest BCUT2D eigenvalue weighted by molar-refractivity contribution is 4.55. The molecule has 1 fully saturated rings. The molecule has 1 saturated heterocycles. The average Bonchev–Trinajstić information content (AvgIpc) is 2.67. The number of rotatable bonds is 5. The topological polar surface area (TPSA) is 75.4 Å². The van der Waals surface area contributed by atoms with E-state index in [1.54, 1.807) is 0 Å². The molecule has 0 aromatic carbocycles. The molecule has 6 heteroatoms. The zero-order valence-corrected chi connectivity index (χ0v) is 11.1. The molecule has 0 atom stereocenters. The predicted molar refractivity (Wildman–Crippen MR) is 65.8 cm³/mol. The fraction of sp³-hybridized carbons (Fsp3) is 1.00. The van der Waals surface area contributed by atoms with Gasteiger partial charge in [0.15, 0.2) is 6.73 Å². The van der Waals surface area contributed by atoms with Gasteiger partial charge in [-0.1, -0.05) is 6.92 Å². The van der Waals surface area contributed by atoms with E-state index < -0.39 is 5.09 Å². The van der Waals surface area contributed by atoms with Crippen LogP contribution in [-0.4, -0.2) is 42.0 Å². The van der Waals surface area contributed by atoms with E-state index in [0.29, 0.717) is 0 Å². The fourth-order valence-electron chi connectivity index (χ4n) is 2.15. The Morgan fingerprint density at radius 1 is 1.29 bits per heavy atom. The van der Waals surface area contributed by atoms with Gasteiger partial charge in [-0.15, -0.1) is 0 Å². The third-order valence-electron chi connectivity index (χ3n) is 3.25. The second kappa shape index (κ2) is 8.25. The number of nitrogens with zero attached hydrogens (tertiary/aromatic N) is 2. The van der Waals surface area contributed by atoms with Crippen LogP contribution in [-0.2, 0) is 4.74 Å². The summed E-state index contributed by atoms with van der Waals surface area (Å²) in [5, 5.41) is 14.8. The highest BCUT2D eigenvalue weighted by Crippen LogP contribution is 2.23. The lowest BCUT2D eigenvalue weighted by atomic mass is 10.3. The van der Waals surface area contributed by atoms with Gasteiger partial charge in [-0.25, -0.2) is 0 Å². The number of likely N-dealkylation sites (tertiary alicyclic amines) is 1. The summed E-state index contributed by atoms with van der Waals surface area (Å²) in [6.45, 7) is 11.3. The van der Waals surface area contributed by atoms with Crippen molar-refractivity contribution in [1.29, 1.82) is 0 Å². The van der Waals surface area contributed by atoms with Gasteiger partial charge in [-0.3, -0.25) is 4.48 Å². The van der Waals surface area contributed by atoms with Gasteiger partial charge >= 0.3 is 0 Å². The molecule has 1 aliphatic rings. The molecular formula is C11H24N2O4. The summed E-state index contributed by atoms with van der Waals surface area (Å²) in [5.74, 6) is 0. The van der Waals surface area contributed by atoms with Crippen molar-refractivity contribution in [2.75, 3.05) is 26.4 Å². The average molecular weight is 248 g/mol. The maximum absolute atomic E-state index is 8.25. The zero-order chi connectivity index (χ0) is 13.3. The van der Waals surface area contributed by atoms with Gasteiger partial charge in [0.1, 0.15) is 0 Å². The van der Waals surface area contributed by atoms with Gasteiger partial charge in [0.05, 0.1) is 30.8 Å². The van der Waals surface area contributed by atoms with E-state index in [4.69, 9.17) is 20.1 Å². The molecule has 6 nitrogen and oxygen atoms in total. The highest BCUT2D eigenvalue weighted by Gasteiger charge is 2.34. The van der Waals surface area contributed by atoms with Gasteiger partial charge in [0, 0.05) is 12.8 Å². The van der Waals surface area contributed by atoms with Crippen molar-refractivity contribution in [3.8, 4) is 0 Å². The van der Waals surface area contributed by atoms with Gasteiger partial charge in [0.2, 0.25) is 0 Å². The molecule has 17 heavy (non-hydrogen) atoms. The Morgan fingerprint density at radius 2 is 1.76 bits per heavy atom. The summed E-state index contributed by atoms with van der Waals surface area (Å²) in [7, 11) is 0. The molecule has 0 N–H and O–H groups in total. The highest BCUT2D eigenvalue weighted by atomic mass is 16.9. The summed E-state index contributed by atoms with van der Waals surface area (Å²) in [5.41, 5.74) is 0. The van der Waals surface area contributed by atoms with Crippen LogP contribution >= 0.6 is 0 Å². The Labute approximate surface area is 103 Å². The van der Waals surface area contributed by atoms with E-state index in [1.807, 2.05) is 0 Å². The first-order valence-corrected chi connectivity index (χ1v) is 6.19. The van der Waals surface area contributed by atoms with Crippen molar-refractivity contribution in [1.82, 2.24) is 0 Å². The molecule has 1 rings (SSSR count). The van der Waals surface area contributed by atoms with Crippen LogP contribution in [0.1, 0.15) is 40.0 Å². The maximum atomic E-state index is 8.25. The van der Waals surface area contributed by atoms with Crippen molar-refractivity contribution in [3.63, 3.8) is 0 Å². The van der Waals surface area contributed by atoms with Crippen molar-refractivity contribution >= 4 is 0 Å². The lowest BCUT2D eigenvalue weighted by Crippen LogP contribution is -2.52. The largest absolute Gasteiger partial charge is 0.356 e. The third-order valence-corrected chi connectivity index (χ3v) is 3.25. The summed E-state index contributed by atoms with van der Waals surface area (Å²) in [6, 6.07) is 0.722. The monoisotopic (exact) mass is 248 g/mol. The zero-order valence-electron chi connectivity index (χ0n) is 11.1. The Morgan fingerprint density at radius 3 is 2.12 bits per heavy atom. The van der Waals surface area contributed by atoms with Crippen LogP contribution in [0.4, 0.5) is 0 Å². The molecule has 0 aromatic heterocycles. The molecule has 0 aliphatic carbocycles. The maximum Gasteiger partial charge on any atom is 0.183 e. The lowest BCUT2D eigenvalue weighted by molar-refractivity contribution is -0.954. The van der Waals surface area contributed by atoms with Crippen LogP contribution in [0, 0.1) is 15.3 Å². The van der Waals surface area contributed by atoms with E-state index in [-0.39, 0.29) is 0 Å². The molecule has 0 unspecified atom stereocenters. The second-order valence-corrected chi connectivity index (χ2v) is 4.73. The molecule has 0 spiro atoms. The first-order chi connectivity index (χ1) is 7.94. The Bertz CT molecular complexity index is 212. The quantitative estimate of drug-likeness (QED) is 0.323. The predicted octanol–water partition coefficient (Wildman–Crippen LogP) is 2.15. The van der Waals surface area contributed by atoms with E-state index in [9.17, 15) is 0 Å². The minimum Gasteiger partial charge on any atom is -0.356 e. The molecule has 1 aliphatic heterocycles. The van der Waals surface area contributed by atoms with Gasteiger partial charge in [-0.2, -0.15) is 0 Å². The molecule has 0 aromatic rings. The molecule has 1 heterocycles. The van der Waals surface area contributed by atoms with Crippen molar-refractivity contribution < 1.29 is 14.3 Å². The molecule has 102 valence electrons. The number of ether oxygens (including phenoxy) is 1. The minimum atomic E-state index is -1.75. The van der Waals surface area contributed by atoms with Crippen molar-refractivity contribution in [2.24, 2.45) is 0 Å². The number of hydrogen-bond donors (Lipinski definition) is 0. The summed E-state index contributed by atoms with van der Waals surface area (Å²) in [4.78, 5) is 8.25. The number of quaternary nitrogens is 1. The molecular weight excluding hydrogens is 224 g/mol. The van der Waals surface area contributed by atoms with E-state index >= 15 is 0 Å². The third kappa shape index (κ3) is 6.43.